The second-order valence-corrected chi connectivity index (χ2v) is 12.8. The summed E-state index contributed by atoms with van der Waals surface area (Å²) in [6.45, 7) is 0. The van der Waals surface area contributed by atoms with Crippen LogP contribution >= 0.6 is 0 Å². The van der Waals surface area contributed by atoms with Crippen molar-refractivity contribution in [3.63, 3.8) is 0 Å². The van der Waals surface area contributed by atoms with Gasteiger partial charge in [0.1, 0.15) is 22.3 Å². The Morgan fingerprint density at radius 2 is 0.833 bits per heavy atom. The lowest BCUT2D eigenvalue weighted by atomic mass is 9.84. The zero-order chi connectivity index (χ0) is 31.3. The van der Waals surface area contributed by atoms with Gasteiger partial charge in [-0.05, 0) is 95.7 Å². The van der Waals surface area contributed by atoms with Crippen LogP contribution in [0, 0.1) is 0 Å². The highest BCUT2D eigenvalue weighted by atomic mass is 16.3. The average Bonchev–Trinajstić information content (AvgIpc) is 3.69. The summed E-state index contributed by atoms with van der Waals surface area (Å²) >= 11 is 0. The maximum Gasteiger partial charge on any atom is 0.136 e. The molecule has 0 aliphatic heterocycles. The maximum absolute atomic E-state index is 6.77. The molecule has 11 aromatic rings. The van der Waals surface area contributed by atoms with Gasteiger partial charge in [0.2, 0.25) is 0 Å². The molecular weight excluding hydrogens is 585 g/mol. The molecule has 0 saturated heterocycles. The van der Waals surface area contributed by atoms with E-state index in [4.69, 9.17) is 8.83 Å². The number of benzene rings is 9. The van der Waals surface area contributed by atoms with E-state index in [2.05, 4.69) is 146 Å². The Balaban J connectivity index is 1.26. The molecule has 0 atom stereocenters. The molecule has 48 heavy (non-hydrogen) atoms. The van der Waals surface area contributed by atoms with Crippen LogP contribution < -0.4 is 0 Å². The second kappa shape index (κ2) is 9.57. The van der Waals surface area contributed by atoms with Gasteiger partial charge in [-0.1, -0.05) is 127 Å². The topological polar surface area (TPSA) is 26.3 Å². The Labute approximate surface area is 275 Å². The van der Waals surface area contributed by atoms with Gasteiger partial charge in [0.25, 0.3) is 0 Å². The molecule has 222 valence electrons. The van der Waals surface area contributed by atoms with Gasteiger partial charge < -0.3 is 8.83 Å². The van der Waals surface area contributed by atoms with Gasteiger partial charge in [-0.25, -0.2) is 0 Å². The van der Waals surface area contributed by atoms with E-state index in [9.17, 15) is 0 Å². The van der Waals surface area contributed by atoms with Crippen LogP contribution in [0.1, 0.15) is 0 Å². The summed E-state index contributed by atoms with van der Waals surface area (Å²) in [7, 11) is 0. The van der Waals surface area contributed by atoms with E-state index in [1.165, 1.54) is 65.3 Å². The second-order valence-electron chi connectivity index (χ2n) is 12.8. The van der Waals surface area contributed by atoms with Crippen molar-refractivity contribution in [1.29, 1.82) is 0 Å². The molecule has 0 fully saturated rings. The fourth-order valence-electron chi connectivity index (χ4n) is 8.14. The molecule has 2 heterocycles. The van der Waals surface area contributed by atoms with Gasteiger partial charge in [-0.3, -0.25) is 0 Å². The number of furan rings is 2. The van der Waals surface area contributed by atoms with Gasteiger partial charge in [-0.15, -0.1) is 0 Å². The van der Waals surface area contributed by atoms with Gasteiger partial charge in [-0.2, -0.15) is 0 Å². The average molecular weight is 611 g/mol. The van der Waals surface area contributed by atoms with Crippen LogP contribution in [0.5, 0.6) is 0 Å². The zero-order valence-electron chi connectivity index (χ0n) is 25.8. The van der Waals surface area contributed by atoms with Crippen LogP contribution in [0.3, 0.4) is 0 Å². The summed E-state index contributed by atoms with van der Waals surface area (Å²) in [4.78, 5) is 0. The molecule has 0 N–H and O–H groups in total. The van der Waals surface area contributed by atoms with Gasteiger partial charge in [0.15, 0.2) is 0 Å². The van der Waals surface area contributed by atoms with E-state index in [1.54, 1.807) is 0 Å². The summed E-state index contributed by atoms with van der Waals surface area (Å²) in [6, 6.07) is 56.7. The van der Waals surface area contributed by atoms with Crippen molar-refractivity contribution >= 4 is 87.0 Å². The summed E-state index contributed by atoms with van der Waals surface area (Å²) in [6.07, 6.45) is 0. The third-order valence-corrected chi connectivity index (χ3v) is 10.2. The molecule has 11 rings (SSSR count). The predicted molar refractivity (Wildman–Crippen MR) is 202 cm³/mol. The zero-order valence-corrected chi connectivity index (χ0v) is 25.8. The van der Waals surface area contributed by atoms with Crippen molar-refractivity contribution in [3.8, 4) is 22.3 Å². The number of para-hydroxylation sites is 1. The molecule has 0 spiro atoms. The first-order chi connectivity index (χ1) is 23.8. The molecule has 2 nitrogen and oxygen atoms in total. The Morgan fingerprint density at radius 3 is 1.58 bits per heavy atom. The Morgan fingerprint density at radius 1 is 0.292 bits per heavy atom. The van der Waals surface area contributed by atoms with Crippen molar-refractivity contribution in [3.05, 3.63) is 158 Å². The molecule has 0 aliphatic carbocycles. The van der Waals surface area contributed by atoms with E-state index in [1.807, 2.05) is 12.1 Å². The summed E-state index contributed by atoms with van der Waals surface area (Å²) in [5.41, 5.74) is 8.40. The monoisotopic (exact) mass is 610 g/mol. The lowest BCUT2D eigenvalue weighted by Gasteiger charge is -2.19. The third-order valence-electron chi connectivity index (χ3n) is 10.2. The van der Waals surface area contributed by atoms with Crippen LogP contribution in [0.4, 0.5) is 0 Å². The standard InChI is InChI=1S/C46H26O2/c1-2-12-28-23-29(22-21-27(28)11-1)44-33-16-5-7-18-35(33)45(36-19-8-6-17-34(36)44)38-25-43-46(32-15-4-3-13-30(32)38)39-26-41-37(24-42(39)48-43)31-14-9-10-20-40(31)47-41/h1-26H. The number of hydrogen-bond donors (Lipinski definition) is 0. The summed E-state index contributed by atoms with van der Waals surface area (Å²) in [5.74, 6) is 0. The van der Waals surface area contributed by atoms with Crippen LogP contribution in [0.2, 0.25) is 0 Å². The minimum absolute atomic E-state index is 0.868. The highest BCUT2D eigenvalue weighted by molar-refractivity contribution is 6.29. The number of fused-ring (bicyclic) bond motifs is 11. The van der Waals surface area contributed by atoms with Gasteiger partial charge in [0.05, 0.1) is 0 Å². The van der Waals surface area contributed by atoms with E-state index < -0.39 is 0 Å². The molecule has 0 saturated carbocycles. The molecular formula is C46H26O2. The largest absolute Gasteiger partial charge is 0.456 e. The predicted octanol–water partition coefficient (Wildman–Crippen LogP) is 13.4. The fourth-order valence-corrected chi connectivity index (χ4v) is 8.14. The Kier molecular flexibility index (Phi) is 5.14. The minimum atomic E-state index is 0.868. The SMILES string of the molecule is c1ccc2cc(-c3c4ccccc4c(-c4cc5oc6cc7c(cc6c5c5ccccc45)oc4ccccc47)c4ccccc34)ccc2c1. The molecule has 9 aromatic carbocycles. The number of hydrogen-bond acceptors (Lipinski definition) is 2. The Bertz CT molecular complexity index is 3060. The first-order valence-corrected chi connectivity index (χ1v) is 16.4. The minimum Gasteiger partial charge on any atom is -0.456 e. The van der Waals surface area contributed by atoms with Crippen molar-refractivity contribution in [2.24, 2.45) is 0 Å². The van der Waals surface area contributed by atoms with Crippen molar-refractivity contribution in [2.45, 2.75) is 0 Å². The molecule has 0 aliphatic rings. The van der Waals surface area contributed by atoms with E-state index in [0.29, 0.717) is 0 Å². The van der Waals surface area contributed by atoms with E-state index >= 15 is 0 Å². The van der Waals surface area contributed by atoms with Crippen molar-refractivity contribution in [2.75, 3.05) is 0 Å². The third kappa shape index (κ3) is 3.52. The molecule has 0 bridgehead atoms. The van der Waals surface area contributed by atoms with Crippen molar-refractivity contribution in [1.82, 2.24) is 0 Å². The quantitative estimate of drug-likeness (QED) is 0.182. The lowest BCUT2D eigenvalue weighted by Crippen LogP contribution is -1.92. The lowest BCUT2D eigenvalue weighted by molar-refractivity contribution is 0.664. The molecule has 0 radical (unpaired) electrons. The van der Waals surface area contributed by atoms with Crippen molar-refractivity contribution < 1.29 is 8.83 Å². The van der Waals surface area contributed by atoms with E-state index in [0.717, 1.165) is 43.9 Å². The van der Waals surface area contributed by atoms with E-state index in [-0.39, 0.29) is 0 Å². The first kappa shape index (κ1) is 25.8. The van der Waals surface area contributed by atoms with Crippen LogP contribution in [-0.2, 0) is 0 Å². The molecule has 2 aromatic heterocycles. The summed E-state index contributed by atoms with van der Waals surface area (Å²) in [5, 5.41) is 14.2. The molecule has 0 amide bonds. The molecule has 0 unspecified atom stereocenters. The first-order valence-electron chi connectivity index (χ1n) is 16.4. The normalized spacial score (nSPS) is 12.2. The molecule has 2 heteroatoms. The van der Waals surface area contributed by atoms with Crippen LogP contribution in [0.15, 0.2) is 167 Å². The summed E-state index contributed by atoms with van der Waals surface area (Å²) < 4.78 is 13.1. The maximum atomic E-state index is 6.77. The van der Waals surface area contributed by atoms with Crippen LogP contribution in [-0.4, -0.2) is 0 Å². The Hall–Kier alpha value is -6.38. The highest BCUT2D eigenvalue weighted by Crippen LogP contribution is 2.48. The number of rotatable bonds is 2. The highest BCUT2D eigenvalue weighted by Gasteiger charge is 2.22. The van der Waals surface area contributed by atoms with Gasteiger partial charge in [0, 0.05) is 21.5 Å². The fraction of sp³-hybridized carbons (Fsp3) is 0. The smallest absolute Gasteiger partial charge is 0.136 e. The van der Waals surface area contributed by atoms with Crippen LogP contribution in [0.25, 0.3) is 109 Å². The van der Waals surface area contributed by atoms with Gasteiger partial charge >= 0.3 is 0 Å².